The molecule has 2 amide bonds. The Morgan fingerprint density at radius 1 is 0.881 bits per heavy atom. The van der Waals surface area contributed by atoms with E-state index in [1.807, 2.05) is 28.8 Å². The molecule has 4 rings (SSSR count). The molecule has 0 saturated heterocycles. The Bertz CT molecular complexity index is 1540. The lowest BCUT2D eigenvalue weighted by molar-refractivity contribution is -0.143. The van der Waals surface area contributed by atoms with Crippen LogP contribution in [0.2, 0.25) is 0 Å². The molecule has 0 saturated carbocycles. The molecule has 0 fully saturated rings. The normalized spacial score (nSPS) is 12.2. The van der Waals surface area contributed by atoms with Gasteiger partial charge in [-0.1, -0.05) is 24.3 Å². The number of nitrogens with zero attached hydrogens (tertiary/aromatic N) is 4. The molecule has 1 aromatic heterocycles. The predicted octanol–water partition coefficient (Wildman–Crippen LogP) is 7.01. The molecule has 0 aliphatic heterocycles. The lowest BCUT2D eigenvalue weighted by Crippen LogP contribution is -2.34. The zero-order valence-electron chi connectivity index (χ0n) is 22.5. The van der Waals surface area contributed by atoms with Crippen LogP contribution in [0.1, 0.15) is 28.1 Å². The zero-order valence-corrected chi connectivity index (χ0v) is 22.5. The Morgan fingerprint density at radius 3 is 2.12 bits per heavy atom. The molecular formula is C29H26F7N5O. The van der Waals surface area contributed by atoms with Crippen molar-refractivity contribution in [2.45, 2.75) is 32.0 Å². The molecule has 0 unspecified atom stereocenters. The minimum Gasteiger partial charge on any atom is -0.372 e. The van der Waals surface area contributed by atoms with E-state index in [0.29, 0.717) is 31.0 Å². The van der Waals surface area contributed by atoms with Gasteiger partial charge in [0.1, 0.15) is 11.6 Å². The first-order valence-electron chi connectivity index (χ1n) is 12.6. The largest absolute Gasteiger partial charge is 0.416 e. The van der Waals surface area contributed by atoms with E-state index in [0.717, 1.165) is 21.5 Å². The van der Waals surface area contributed by atoms with Crippen molar-refractivity contribution in [1.29, 1.82) is 0 Å². The second-order valence-electron chi connectivity index (χ2n) is 9.63. The van der Waals surface area contributed by atoms with E-state index in [4.69, 9.17) is 4.98 Å². The molecule has 4 aromatic rings. The van der Waals surface area contributed by atoms with E-state index in [1.54, 1.807) is 30.3 Å². The van der Waals surface area contributed by atoms with Crippen molar-refractivity contribution in [2.75, 3.05) is 14.1 Å². The van der Waals surface area contributed by atoms with Crippen LogP contribution in [-0.2, 0) is 32.0 Å². The number of carbonyl (C=O) groups excluding carboxylic acids is 1. The average Bonchev–Trinajstić information content (AvgIpc) is 3.26. The summed E-state index contributed by atoms with van der Waals surface area (Å²) < 4.78 is 94.0. The number of hydrogen-bond donors (Lipinski definition) is 1. The molecule has 0 atom stereocenters. The van der Waals surface area contributed by atoms with Gasteiger partial charge in [-0.25, -0.2) is 14.2 Å². The molecule has 1 heterocycles. The maximum Gasteiger partial charge on any atom is 0.416 e. The van der Waals surface area contributed by atoms with Crippen LogP contribution in [0.3, 0.4) is 0 Å². The molecule has 0 spiro atoms. The Morgan fingerprint density at radius 2 is 1.50 bits per heavy atom. The maximum absolute atomic E-state index is 13.4. The smallest absolute Gasteiger partial charge is 0.372 e. The molecule has 0 aliphatic rings. The monoisotopic (exact) mass is 593 g/mol. The highest BCUT2D eigenvalue weighted by atomic mass is 19.4. The minimum atomic E-state index is -4.98. The van der Waals surface area contributed by atoms with E-state index in [2.05, 4.69) is 5.32 Å². The number of urea groups is 1. The number of alkyl halides is 6. The number of hydrogen-bond acceptors (Lipinski definition) is 3. The van der Waals surface area contributed by atoms with Gasteiger partial charge in [-0.05, 0) is 53.6 Å². The highest BCUT2D eigenvalue weighted by Gasteiger charge is 2.36. The first-order valence-corrected chi connectivity index (χ1v) is 12.6. The van der Waals surface area contributed by atoms with Crippen molar-refractivity contribution in [2.24, 2.45) is 0 Å². The molecule has 0 radical (unpaired) electrons. The van der Waals surface area contributed by atoms with E-state index >= 15 is 0 Å². The Hall–Kier alpha value is -4.55. The Kier molecular flexibility index (Phi) is 8.78. The molecular weight excluding hydrogens is 567 g/mol. The molecule has 13 heteroatoms. The van der Waals surface area contributed by atoms with Crippen molar-refractivity contribution in [3.8, 4) is 0 Å². The van der Waals surface area contributed by atoms with Crippen molar-refractivity contribution >= 4 is 17.1 Å². The minimum absolute atomic E-state index is 0.0317. The fourth-order valence-electron chi connectivity index (χ4n) is 4.18. The van der Waals surface area contributed by atoms with Crippen LogP contribution >= 0.6 is 0 Å². The molecule has 0 aliphatic carbocycles. The summed E-state index contributed by atoms with van der Waals surface area (Å²) in [4.78, 5) is 20.1. The van der Waals surface area contributed by atoms with Crippen molar-refractivity contribution < 1.29 is 35.5 Å². The molecule has 3 aromatic carbocycles. The maximum atomic E-state index is 13.4. The van der Waals surface area contributed by atoms with Gasteiger partial charge in [-0.15, -0.1) is 0 Å². The van der Waals surface area contributed by atoms with Crippen molar-refractivity contribution in [1.82, 2.24) is 24.7 Å². The van der Waals surface area contributed by atoms with Gasteiger partial charge in [0.2, 0.25) is 0 Å². The van der Waals surface area contributed by atoms with Crippen LogP contribution in [0.4, 0.5) is 35.5 Å². The van der Waals surface area contributed by atoms with E-state index in [1.165, 1.54) is 25.4 Å². The number of benzene rings is 3. The second-order valence-corrected chi connectivity index (χ2v) is 9.63. The number of rotatable bonds is 8. The van der Waals surface area contributed by atoms with Crippen LogP contribution < -0.4 is 5.32 Å². The van der Waals surface area contributed by atoms with Crippen LogP contribution in [0, 0.1) is 5.82 Å². The second kappa shape index (κ2) is 12.1. The van der Waals surface area contributed by atoms with Crippen LogP contribution in [-0.4, -0.2) is 39.5 Å². The number of carbonyl (C=O) groups is 1. The van der Waals surface area contributed by atoms with Crippen molar-refractivity contribution in [3.63, 3.8) is 0 Å². The third kappa shape index (κ3) is 7.59. The van der Waals surface area contributed by atoms with Gasteiger partial charge < -0.3 is 19.7 Å². The number of nitrogens with one attached hydrogen (secondary N) is 1. The number of aromatic nitrogens is 2. The highest BCUT2D eigenvalue weighted by Crippen LogP contribution is 2.36. The van der Waals surface area contributed by atoms with Gasteiger partial charge in [0, 0.05) is 39.6 Å². The van der Waals surface area contributed by atoms with Crippen LogP contribution in [0.5, 0.6) is 0 Å². The fraction of sp³-hybridized carbons (Fsp3) is 0.241. The molecule has 42 heavy (non-hydrogen) atoms. The quantitative estimate of drug-likeness (QED) is 0.224. The summed E-state index contributed by atoms with van der Waals surface area (Å²) in [5.74, 6) is 0.359. The van der Waals surface area contributed by atoms with E-state index in [-0.39, 0.29) is 17.4 Å². The van der Waals surface area contributed by atoms with Gasteiger partial charge in [0.05, 0.1) is 28.7 Å². The van der Waals surface area contributed by atoms with Crippen LogP contribution in [0.15, 0.2) is 79.1 Å². The number of halogens is 7. The van der Waals surface area contributed by atoms with E-state index < -0.39 is 36.1 Å². The third-order valence-electron chi connectivity index (χ3n) is 6.33. The van der Waals surface area contributed by atoms with Gasteiger partial charge in [0.15, 0.2) is 0 Å². The number of amides is 2. The summed E-state index contributed by atoms with van der Waals surface area (Å²) >= 11 is 0. The number of imidazole rings is 1. The SMILES string of the molecule is CN(/C=C/N(C)C(=O)NCc1cc(C(F)(F)F)cc(C(F)(F)F)c1)Cc1nc2ccccc2n1Cc1ccc(F)cc1. The van der Waals surface area contributed by atoms with Gasteiger partial charge in [-0.2, -0.15) is 26.3 Å². The lowest BCUT2D eigenvalue weighted by atomic mass is 10.0. The Labute approximate surface area is 236 Å². The first-order chi connectivity index (χ1) is 19.7. The number of para-hydroxylation sites is 2. The first kappa shape index (κ1) is 30.4. The summed E-state index contributed by atoms with van der Waals surface area (Å²) in [6.45, 7) is 0.223. The third-order valence-corrected chi connectivity index (χ3v) is 6.33. The van der Waals surface area contributed by atoms with E-state index in [9.17, 15) is 35.5 Å². The van der Waals surface area contributed by atoms with Crippen molar-refractivity contribution in [3.05, 3.63) is 113 Å². The summed E-state index contributed by atoms with van der Waals surface area (Å²) in [5, 5.41) is 2.33. The predicted molar refractivity (Wildman–Crippen MR) is 142 cm³/mol. The molecule has 6 nitrogen and oxygen atoms in total. The molecule has 0 bridgehead atoms. The molecule has 1 N–H and O–H groups in total. The Balaban J connectivity index is 1.42. The average molecular weight is 594 g/mol. The molecule has 222 valence electrons. The lowest BCUT2D eigenvalue weighted by Gasteiger charge is -2.19. The zero-order chi connectivity index (χ0) is 30.7. The topological polar surface area (TPSA) is 53.4 Å². The van der Waals surface area contributed by atoms with Gasteiger partial charge in [0.25, 0.3) is 0 Å². The summed E-state index contributed by atoms with van der Waals surface area (Å²) in [6.07, 6.45) is -6.99. The van der Waals surface area contributed by atoms with Gasteiger partial charge >= 0.3 is 18.4 Å². The van der Waals surface area contributed by atoms with Crippen LogP contribution in [0.25, 0.3) is 11.0 Å². The summed E-state index contributed by atoms with van der Waals surface area (Å²) in [5.41, 5.74) is -0.733. The fourth-order valence-corrected chi connectivity index (χ4v) is 4.18. The van der Waals surface area contributed by atoms with Gasteiger partial charge in [-0.3, -0.25) is 0 Å². The number of fused-ring (bicyclic) bond motifs is 1. The summed E-state index contributed by atoms with van der Waals surface area (Å²) in [6, 6.07) is 14.1. The summed E-state index contributed by atoms with van der Waals surface area (Å²) in [7, 11) is 3.13. The standard InChI is InChI=1S/C29H26F7N5O/c1-39(18-26-38-24-5-3-4-6-25(24)41(26)17-19-7-9-23(30)10-8-19)11-12-40(2)27(42)37-16-20-13-21(28(31,32)33)15-22(14-20)29(34,35)36/h3-15H,16-18H2,1-2H3,(H,37,42)/b12-11+. The highest BCUT2D eigenvalue weighted by molar-refractivity contribution is 5.76.